The van der Waals surface area contributed by atoms with Crippen molar-refractivity contribution >= 4 is 5.91 Å². The van der Waals surface area contributed by atoms with E-state index in [4.69, 9.17) is 14.0 Å². The number of aromatic nitrogens is 2. The number of aryl methyl sites for hydroxylation is 1. The highest BCUT2D eigenvalue weighted by Crippen LogP contribution is 2.30. The van der Waals surface area contributed by atoms with Crippen LogP contribution in [0.1, 0.15) is 34.7 Å². The summed E-state index contributed by atoms with van der Waals surface area (Å²) in [6.07, 6.45) is 0. The van der Waals surface area contributed by atoms with Crippen molar-refractivity contribution in [1.29, 1.82) is 0 Å². The number of carbonyl (C=O) groups is 1. The predicted molar refractivity (Wildman–Crippen MR) is 99.9 cm³/mol. The lowest BCUT2D eigenvalue weighted by atomic mass is 10.1. The molecule has 0 saturated carbocycles. The van der Waals surface area contributed by atoms with Gasteiger partial charge >= 0.3 is 0 Å². The predicted octanol–water partition coefficient (Wildman–Crippen LogP) is 3.55. The van der Waals surface area contributed by atoms with Crippen molar-refractivity contribution in [2.24, 2.45) is 0 Å². The van der Waals surface area contributed by atoms with Crippen LogP contribution in [0.5, 0.6) is 11.5 Å². The Morgan fingerprint density at radius 1 is 1.07 bits per heavy atom. The summed E-state index contributed by atoms with van der Waals surface area (Å²) >= 11 is 0. The van der Waals surface area contributed by atoms with Gasteiger partial charge in [0, 0.05) is 11.1 Å². The molecule has 1 N–H and O–H groups in total. The molecule has 1 heterocycles. The first-order valence-electron chi connectivity index (χ1n) is 8.45. The molecule has 3 aromatic rings. The fourth-order valence-corrected chi connectivity index (χ4v) is 2.66. The third kappa shape index (κ3) is 4.08. The van der Waals surface area contributed by atoms with Gasteiger partial charge in [-0.15, -0.1) is 0 Å². The van der Waals surface area contributed by atoms with Gasteiger partial charge in [0.15, 0.2) is 17.3 Å². The zero-order valence-corrected chi connectivity index (χ0v) is 15.6. The van der Waals surface area contributed by atoms with Crippen LogP contribution in [0.15, 0.2) is 47.0 Å². The molecule has 7 heteroatoms. The Hall–Kier alpha value is -3.35. The molecule has 0 radical (unpaired) electrons. The van der Waals surface area contributed by atoms with Crippen LogP contribution in [0.3, 0.4) is 0 Å². The van der Waals surface area contributed by atoms with E-state index in [2.05, 4.69) is 15.5 Å². The van der Waals surface area contributed by atoms with Crippen LogP contribution in [0.2, 0.25) is 0 Å². The maximum Gasteiger partial charge on any atom is 0.257 e. The molecule has 0 aliphatic rings. The standard InChI is InChI=1S/C20H21N3O4/c1-12(16-9-10-17(25-3)18(11-16)26-4)21-19(24)14-5-7-15(8-6-14)20-22-13(2)23-27-20/h5-12H,1-4H3,(H,21,24). The van der Waals surface area contributed by atoms with Crippen molar-refractivity contribution in [3.63, 3.8) is 0 Å². The number of hydrogen-bond acceptors (Lipinski definition) is 6. The van der Waals surface area contributed by atoms with Gasteiger partial charge in [-0.1, -0.05) is 11.2 Å². The van der Waals surface area contributed by atoms with E-state index in [1.807, 2.05) is 25.1 Å². The summed E-state index contributed by atoms with van der Waals surface area (Å²) in [6.45, 7) is 3.67. The van der Waals surface area contributed by atoms with Crippen molar-refractivity contribution < 1.29 is 18.8 Å². The third-order valence-corrected chi connectivity index (χ3v) is 4.18. The highest BCUT2D eigenvalue weighted by Gasteiger charge is 2.15. The number of rotatable bonds is 6. The topological polar surface area (TPSA) is 86.5 Å². The molecule has 140 valence electrons. The second-order valence-corrected chi connectivity index (χ2v) is 6.03. The highest BCUT2D eigenvalue weighted by atomic mass is 16.5. The normalized spacial score (nSPS) is 11.7. The molecule has 0 spiro atoms. The van der Waals surface area contributed by atoms with E-state index in [0.29, 0.717) is 28.8 Å². The first kappa shape index (κ1) is 18.4. The first-order chi connectivity index (χ1) is 13.0. The second-order valence-electron chi connectivity index (χ2n) is 6.03. The molecule has 2 aromatic carbocycles. The maximum absolute atomic E-state index is 12.5. The minimum absolute atomic E-state index is 0.175. The number of nitrogens with one attached hydrogen (secondary N) is 1. The zero-order valence-electron chi connectivity index (χ0n) is 15.6. The van der Waals surface area contributed by atoms with Gasteiger partial charge in [0.2, 0.25) is 0 Å². The molecule has 1 amide bonds. The van der Waals surface area contributed by atoms with Crippen LogP contribution in [0, 0.1) is 6.92 Å². The van der Waals surface area contributed by atoms with E-state index < -0.39 is 0 Å². The number of hydrogen-bond donors (Lipinski definition) is 1. The monoisotopic (exact) mass is 367 g/mol. The van der Waals surface area contributed by atoms with Crippen molar-refractivity contribution in [2.45, 2.75) is 19.9 Å². The van der Waals surface area contributed by atoms with E-state index in [0.717, 1.165) is 11.1 Å². The lowest BCUT2D eigenvalue weighted by molar-refractivity contribution is 0.0940. The molecule has 1 aromatic heterocycles. The van der Waals surface area contributed by atoms with Gasteiger partial charge in [-0.2, -0.15) is 4.98 Å². The largest absolute Gasteiger partial charge is 0.493 e. The van der Waals surface area contributed by atoms with Crippen molar-refractivity contribution in [3.8, 4) is 23.0 Å². The quantitative estimate of drug-likeness (QED) is 0.717. The van der Waals surface area contributed by atoms with E-state index in [-0.39, 0.29) is 11.9 Å². The molecular weight excluding hydrogens is 346 g/mol. The van der Waals surface area contributed by atoms with Gasteiger partial charge in [0.25, 0.3) is 11.8 Å². The zero-order chi connectivity index (χ0) is 19.4. The fraction of sp³-hybridized carbons (Fsp3) is 0.250. The van der Waals surface area contributed by atoms with E-state index in [1.54, 1.807) is 45.4 Å². The summed E-state index contributed by atoms with van der Waals surface area (Å²) in [6, 6.07) is 12.4. The highest BCUT2D eigenvalue weighted by molar-refractivity contribution is 5.94. The smallest absolute Gasteiger partial charge is 0.257 e. The van der Waals surface area contributed by atoms with E-state index in [1.165, 1.54) is 0 Å². The first-order valence-corrected chi connectivity index (χ1v) is 8.45. The van der Waals surface area contributed by atoms with E-state index in [9.17, 15) is 4.79 Å². The van der Waals surface area contributed by atoms with Crippen LogP contribution in [0.4, 0.5) is 0 Å². The molecule has 0 aliphatic carbocycles. The average molecular weight is 367 g/mol. The van der Waals surface area contributed by atoms with Gasteiger partial charge in [0.05, 0.1) is 20.3 Å². The summed E-state index contributed by atoms with van der Waals surface area (Å²) in [5.74, 6) is 2.08. The Morgan fingerprint density at radius 3 is 2.37 bits per heavy atom. The Labute approximate surface area is 157 Å². The minimum atomic E-state index is -0.199. The molecule has 1 unspecified atom stereocenters. The Bertz CT molecular complexity index is 935. The number of carbonyl (C=O) groups excluding carboxylic acids is 1. The fourth-order valence-electron chi connectivity index (χ4n) is 2.66. The number of amides is 1. The number of methoxy groups -OCH3 is 2. The lowest BCUT2D eigenvalue weighted by Gasteiger charge is -2.16. The Kier molecular flexibility index (Phi) is 5.40. The van der Waals surface area contributed by atoms with Crippen LogP contribution in [0.25, 0.3) is 11.5 Å². The summed E-state index contributed by atoms with van der Waals surface area (Å²) in [5, 5.41) is 6.74. The van der Waals surface area contributed by atoms with Crippen LogP contribution in [-0.2, 0) is 0 Å². The Balaban J connectivity index is 1.71. The number of nitrogens with zero attached hydrogens (tertiary/aromatic N) is 2. The molecule has 0 bridgehead atoms. The average Bonchev–Trinajstić information content (AvgIpc) is 3.13. The van der Waals surface area contributed by atoms with Gasteiger partial charge in [-0.05, 0) is 55.8 Å². The van der Waals surface area contributed by atoms with Crippen molar-refractivity contribution in [3.05, 3.63) is 59.4 Å². The molecule has 0 aliphatic heterocycles. The van der Waals surface area contributed by atoms with Gasteiger partial charge in [-0.25, -0.2) is 0 Å². The van der Waals surface area contributed by atoms with Gasteiger partial charge in [0.1, 0.15) is 0 Å². The van der Waals surface area contributed by atoms with Gasteiger partial charge < -0.3 is 19.3 Å². The van der Waals surface area contributed by atoms with Crippen molar-refractivity contribution in [2.75, 3.05) is 14.2 Å². The SMILES string of the molecule is COc1ccc(C(C)NC(=O)c2ccc(-c3nc(C)no3)cc2)cc1OC. The van der Waals surface area contributed by atoms with Crippen LogP contribution < -0.4 is 14.8 Å². The van der Waals surface area contributed by atoms with Crippen molar-refractivity contribution in [1.82, 2.24) is 15.5 Å². The van der Waals surface area contributed by atoms with Crippen LogP contribution in [-0.4, -0.2) is 30.3 Å². The summed E-state index contributed by atoms with van der Waals surface area (Å²) in [7, 11) is 3.17. The van der Waals surface area contributed by atoms with Gasteiger partial charge in [-0.3, -0.25) is 4.79 Å². The molecule has 7 nitrogen and oxygen atoms in total. The molecular formula is C20H21N3O4. The Morgan fingerprint density at radius 2 is 1.78 bits per heavy atom. The maximum atomic E-state index is 12.5. The third-order valence-electron chi connectivity index (χ3n) is 4.18. The summed E-state index contributed by atoms with van der Waals surface area (Å²) in [5.41, 5.74) is 2.22. The molecule has 1 atom stereocenters. The van der Waals surface area contributed by atoms with E-state index >= 15 is 0 Å². The number of benzene rings is 2. The summed E-state index contributed by atoms with van der Waals surface area (Å²) < 4.78 is 15.7. The molecule has 0 fully saturated rings. The molecule has 27 heavy (non-hydrogen) atoms. The number of ether oxygens (including phenoxy) is 2. The molecule has 0 saturated heterocycles. The second kappa shape index (κ2) is 7.90. The lowest BCUT2D eigenvalue weighted by Crippen LogP contribution is -2.26. The summed E-state index contributed by atoms with van der Waals surface area (Å²) in [4.78, 5) is 16.7. The minimum Gasteiger partial charge on any atom is -0.493 e. The van der Waals surface area contributed by atoms with Crippen LogP contribution >= 0.6 is 0 Å². The molecule has 3 rings (SSSR count).